The van der Waals surface area contributed by atoms with E-state index in [9.17, 15) is 4.79 Å². The minimum Gasteiger partial charge on any atom is -0.397 e. The summed E-state index contributed by atoms with van der Waals surface area (Å²) < 4.78 is 1.11. The predicted molar refractivity (Wildman–Crippen MR) is 86.5 cm³/mol. The third kappa shape index (κ3) is 2.78. The van der Waals surface area contributed by atoms with Crippen LogP contribution in [0.4, 0.5) is 5.69 Å². The summed E-state index contributed by atoms with van der Waals surface area (Å²) in [4.78, 5) is 14.9. The van der Waals surface area contributed by atoms with Crippen LogP contribution in [0, 0.1) is 6.92 Å². The van der Waals surface area contributed by atoms with Crippen molar-refractivity contribution in [2.24, 2.45) is 0 Å². The van der Waals surface area contributed by atoms with Crippen LogP contribution in [0.25, 0.3) is 10.1 Å². The number of anilines is 1. The fourth-order valence-electron chi connectivity index (χ4n) is 2.21. The lowest BCUT2D eigenvalue weighted by molar-refractivity contribution is 0.0799. The molecule has 2 rings (SSSR count). The Labute approximate surface area is 123 Å². The average molecular weight is 291 g/mol. The first-order valence-corrected chi connectivity index (χ1v) is 7.55. The first-order valence-electron chi connectivity index (χ1n) is 6.74. The maximum absolute atomic E-state index is 12.5. The minimum atomic E-state index is 0.0132. The van der Waals surface area contributed by atoms with Crippen LogP contribution in [-0.4, -0.2) is 38.0 Å². The van der Waals surface area contributed by atoms with Gasteiger partial charge in [-0.15, -0.1) is 11.3 Å². The highest BCUT2D eigenvalue weighted by atomic mass is 32.1. The zero-order valence-electron chi connectivity index (χ0n) is 12.2. The number of nitrogens with one attached hydrogen (secondary N) is 1. The Kier molecular flexibility index (Phi) is 4.62. The average Bonchev–Trinajstić information content (AvgIpc) is 2.77. The van der Waals surface area contributed by atoms with Gasteiger partial charge < -0.3 is 16.0 Å². The second-order valence-electron chi connectivity index (χ2n) is 4.98. The summed E-state index contributed by atoms with van der Waals surface area (Å²) in [6, 6.07) is 6.00. The van der Waals surface area contributed by atoms with E-state index in [1.165, 1.54) is 11.3 Å². The topological polar surface area (TPSA) is 58.4 Å². The molecule has 0 bridgehead atoms. The van der Waals surface area contributed by atoms with Crippen LogP contribution in [0.3, 0.4) is 0 Å². The van der Waals surface area contributed by atoms with Gasteiger partial charge in [-0.05, 0) is 32.5 Å². The highest BCUT2D eigenvalue weighted by Crippen LogP contribution is 2.36. The molecule has 1 heterocycles. The van der Waals surface area contributed by atoms with Gasteiger partial charge in [0.15, 0.2) is 0 Å². The predicted octanol–water partition coefficient (Wildman–Crippen LogP) is 2.47. The maximum Gasteiger partial charge on any atom is 0.265 e. The molecule has 3 N–H and O–H groups in total. The number of rotatable bonds is 5. The number of nitrogen functional groups attached to an aromatic ring is 1. The van der Waals surface area contributed by atoms with Gasteiger partial charge in [0.25, 0.3) is 5.91 Å². The van der Waals surface area contributed by atoms with Crippen molar-refractivity contribution in [2.75, 3.05) is 32.9 Å². The normalized spacial score (nSPS) is 10.9. The standard InChI is InChI=1S/C15H21N3OS/c1-10-6-4-7-11-12(16)14(20-13(10)11)15(19)18(3)9-5-8-17-2/h4,6-7,17H,5,8-9,16H2,1-3H3. The summed E-state index contributed by atoms with van der Waals surface area (Å²) in [5.74, 6) is 0.0132. The largest absolute Gasteiger partial charge is 0.397 e. The number of carbonyl (C=O) groups is 1. The molecule has 0 saturated heterocycles. The Balaban J connectivity index is 2.26. The summed E-state index contributed by atoms with van der Waals surface area (Å²) in [6.07, 6.45) is 0.933. The van der Waals surface area contributed by atoms with Crippen molar-refractivity contribution in [3.63, 3.8) is 0 Å². The molecule has 0 atom stereocenters. The van der Waals surface area contributed by atoms with Crippen LogP contribution in [0.2, 0.25) is 0 Å². The number of benzene rings is 1. The number of thiophene rings is 1. The Morgan fingerprint density at radius 1 is 1.45 bits per heavy atom. The lowest BCUT2D eigenvalue weighted by atomic mass is 10.1. The molecule has 0 aliphatic heterocycles. The van der Waals surface area contributed by atoms with Crippen molar-refractivity contribution in [1.29, 1.82) is 0 Å². The molecular formula is C15H21N3OS. The van der Waals surface area contributed by atoms with Gasteiger partial charge in [0.2, 0.25) is 0 Å². The van der Waals surface area contributed by atoms with Gasteiger partial charge in [0.1, 0.15) is 4.88 Å². The van der Waals surface area contributed by atoms with Crippen LogP contribution in [0.15, 0.2) is 18.2 Å². The Morgan fingerprint density at radius 2 is 2.20 bits per heavy atom. The summed E-state index contributed by atoms with van der Waals surface area (Å²) in [5, 5.41) is 4.07. The molecular weight excluding hydrogens is 270 g/mol. The van der Waals surface area contributed by atoms with Gasteiger partial charge in [-0.25, -0.2) is 0 Å². The summed E-state index contributed by atoms with van der Waals surface area (Å²) in [6.45, 7) is 3.67. The number of hydrogen-bond acceptors (Lipinski definition) is 4. The molecule has 1 aromatic heterocycles. The van der Waals surface area contributed by atoms with Gasteiger partial charge in [0, 0.05) is 23.7 Å². The molecule has 1 amide bonds. The van der Waals surface area contributed by atoms with E-state index in [4.69, 9.17) is 5.73 Å². The van der Waals surface area contributed by atoms with Gasteiger partial charge >= 0.3 is 0 Å². The Bertz CT molecular complexity index is 621. The van der Waals surface area contributed by atoms with Crippen LogP contribution in [0.5, 0.6) is 0 Å². The number of amides is 1. The first kappa shape index (κ1) is 14.8. The number of carbonyl (C=O) groups excluding carboxylic acids is 1. The maximum atomic E-state index is 12.5. The van der Waals surface area contributed by atoms with E-state index < -0.39 is 0 Å². The van der Waals surface area contributed by atoms with Crippen LogP contribution >= 0.6 is 11.3 Å². The molecule has 4 nitrogen and oxygen atoms in total. The molecule has 0 radical (unpaired) electrons. The van der Waals surface area contributed by atoms with Crippen LogP contribution in [0.1, 0.15) is 21.7 Å². The van der Waals surface area contributed by atoms with Crippen molar-refractivity contribution < 1.29 is 4.79 Å². The third-order valence-corrected chi connectivity index (χ3v) is 4.76. The van der Waals surface area contributed by atoms with Gasteiger partial charge in [-0.3, -0.25) is 4.79 Å². The van der Waals surface area contributed by atoms with Crippen LogP contribution in [-0.2, 0) is 0 Å². The fourth-order valence-corrected chi connectivity index (χ4v) is 3.39. The summed E-state index contributed by atoms with van der Waals surface area (Å²) in [7, 11) is 3.74. The van der Waals surface area contributed by atoms with Crippen molar-refractivity contribution in [3.05, 3.63) is 28.6 Å². The van der Waals surface area contributed by atoms with Crippen molar-refractivity contribution in [1.82, 2.24) is 10.2 Å². The molecule has 0 aliphatic carbocycles. The van der Waals surface area contributed by atoms with E-state index in [0.29, 0.717) is 10.6 Å². The van der Waals surface area contributed by atoms with Crippen LogP contribution < -0.4 is 11.1 Å². The number of nitrogens with zero attached hydrogens (tertiary/aromatic N) is 1. The number of aryl methyl sites for hydroxylation is 1. The highest BCUT2D eigenvalue weighted by Gasteiger charge is 2.20. The lowest BCUT2D eigenvalue weighted by Crippen LogP contribution is -2.29. The number of nitrogens with two attached hydrogens (primary N) is 1. The molecule has 0 aliphatic rings. The van der Waals surface area contributed by atoms with E-state index in [2.05, 4.69) is 5.32 Å². The molecule has 0 saturated carbocycles. The quantitative estimate of drug-likeness (QED) is 0.832. The zero-order valence-corrected chi connectivity index (χ0v) is 13.0. The first-order chi connectivity index (χ1) is 9.56. The smallest absolute Gasteiger partial charge is 0.265 e. The molecule has 20 heavy (non-hydrogen) atoms. The lowest BCUT2D eigenvalue weighted by Gasteiger charge is -2.16. The molecule has 0 spiro atoms. The van der Waals surface area contributed by atoms with Gasteiger partial charge in [-0.1, -0.05) is 18.2 Å². The van der Waals surface area contributed by atoms with E-state index in [0.717, 1.165) is 35.2 Å². The molecule has 5 heteroatoms. The van der Waals surface area contributed by atoms with E-state index in [-0.39, 0.29) is 5.91 Å². The molecule has 0 unspecified atom stereocenters. The molecule has 108 valence electrons. The van der Waals surface area contributed by atoms with E-state index in [1.807, 2.05) is 39.2 Å². The SMILES string of the molecule is CNCCCN(C)C(=O)c1sc2c(C)cccc2c1N. The van der Waals surface area contributed by atoms with Crippen molar-refractivity contribution >= 4 is 33.0 Å². The Morgan fingerprint density at radius 3 is 2.85 bits per heavy atom. The number of fused-ring (bicyclic) bond motifs is 1. The van der Waals surface area contributed by atoms with Crippen molar-refractivity contribution in [3.8, 4) is 0 Å². The van der Waals surface area contributed by atoms with Crippen molar-refractivity contribution in [2.45, 2.75) is 13.3 Å². The van der Waals surface area contributed by atoms with Gasteiger partial charge in [-0.2, -0.15) is 0 Å². The molecule has 0 fully saturated rings. The monoisotopic (exact) mass is 291 g/mol. The summed E-state index contributed by atoms with van der Waals surface area (Å²) in [5.41, 5.74) is 7.93. The fraction of sp³-hybridized carbons (Fsp3) is 0.400. The van der Waals surface area contributed by atoms with E-state index in [1.54, 1.807) is 4.90 Å². The second-order valence-corrected chi connectivity index (χ2v) is 6.00. The second kappa shape index (κ2) is 6.24. The number of hydrogen-bond donors (Lipinski definition) is 2. The highest BCUT2D eigenvalue weighted by molar-refractivity contribution is 7.21. The zero-order chi connectivity index (χ0) is 14.7. The minimum absolute atomic E-state index is 0.0132. The van der Waals surface area contributed by atoms with Gasteiger partial charge in [0.05, 0.1) is 5.69 Å². The van der Waals surface area contributed by atoms with E-state index >= 15 is 0 Å². The molecule has 1 aromatic carbocycles. The summed E-state index contributed by atoms with van der Waals surface area (Å²) >= 11 is 1.49. The third-order valence-electron chi connectivity index (χ3n) is 3.41. The molecule has 2 aromatic rings. The Hall–Kier alpha value is -1.59.